The molecule has 80 valence electrons. The van der Waals surface area contributed by atoms with E-state index in [-0.39, 0.29) is 11.5 Å². The van der Waals surface area contributed by atoms with Gasteiger partial charge in [0.05, 0.1) is 12.0 Å². The second-order valence-electron chi connectivity index (χ2n) is 3.60. The van der Waals surface area contributed by atoms with Gasteiger partial charge in [-0.15, -0.1) is 0 Å². The number of aromatic amines is 1. The Morgan fingerprint density at radius 3 is 2.93 bits per heavy atom. The summed E-state index contributed by atoms with van der Waals surface area (Å²) in [7, 11) is 1.81. The van der Waals surface area contributed by atoms with Crippen molar-refractivity contribution in [2.24, 2.45) is 5.92 Å². The van der Waals surface area contributed by atoms with Gasteiger partial charge in [-0.05, 0) is 13.8 Å². The van der Waals surface area contributed by atoms with Gasteiger partial charge in [0, 0.05) is 19.7 Å². The summed E-state index contributed by atoms with van der Waals surface area (Å²) in [5.41, 5.74) is -0.172. The Balaban J connectivity index is 2.87. The van der Waals surface area contributed by atoms with Gasteiger partial charge in [-0.25, -0.2) is 4.98 Å². The zero-order chi connectivity index (χ0) is 11.4. The molecule has 0 aliphatic rings. The van der Waals surface area contributed by atoms with Crippen molar-refractivity contribution in [2.75, 3.05) is 18.5 Å². The highest BCUT2D eigenvalue weighted by Crippen LogP contribution is 2.07. The van der Waals surface area contributed by atoms with Gasteiger partial charge in [0.1, 0.15) is 11.6 Å². The van der Waals surface area contributed by atoms with Crippen LogP contribution in [-0.2, 0) is 0 Å². The maximum Gasteiger partial charge on any atom is 0.252 e. The van der Waals surface area contributed by atoms with Gasteiger partial charge in [-0.1, -0.05) is 0 Å². The summed E-state index contributed by atoms with van der Waals surface area (Å²) in [5, 5.41) is 8.67. The van der Waals surface area contributed by atoms with Gasteiger partial charge in [-0.2, -0.15) is 5.26 Å². The summed E-state index contributed by atoms with van der Waals surface area (Å²) in [6.45, 7) is 4.12. The van der Waals surface area contributed by atoms with Gasteiger partial charge in [0.25, 0.3) is 5.56 Å². The molecule has 1 unspecified atom stereocenters. The third-order valence-corrected chi connectivity index (χ3v) is 2.01. The maximum absolute atomic E-state index is 11.2. The highest BCUT2D eigenvalue weighted by atomic mass is 16.1. The van der Waals surface area contributed by atoms with Crippen molar-refractivity contribution in [2.45, 2.75) is 13.8 Å². The maximum atomic E-state index is 11.2. The fraction of sp³-hybridized carbons (Fsp3) is 0.500. The average Bonchev–Trinajstić information content (AvgIpc) is 2.16. The van der Waals surface area contributed by atoms with Crippen molar-refractivity contribution in [3.8, 4) is 6.07 Å². The van der Waals surface area contributed by atoms with Crippen molar-refractivity contribution in [3.63, 3.8) is 0 Å². The fourth-order valence-electron chi connectivity index (χ4n) is 1.30. The van der Waals surface area contributed by atoms with Crippen LogP contribution >= 0.6 is 0 Å². The lowest BCUT2D eigenvalue weighted by atomic mass is 10.2. The Morgan fingerprint density at radius 1 is 1.73 bits per heavy atom. The Labute approximate surface area is 88.4 Å². The Morgan fingerprint density at radius 2 is 2.40 bits per heavy atom. The van der Waals surface area contributed by atoms with Gasteiger partial charge in [0.15, 0.2) is 0 Å². The van der Waals surface area contributed by atoms with Crippen LogP contribution in [0.5, 0.6) is 0 Å². The minimum Gasteiger partial charge on any atom is -0.358 e. The molecule has 1 rings (SSSR count). The third-order valence-electron chi connectivity index (χ3n) is 2.01. The molecule has 5 nitrogen and oxygen atoms in total. The highest BCUT2D eigenvalue weighted by molar-refractivity contribution is 5.36. The van der Waals surface area contributed by atoms with Crippen molar-refractivity contribution < 1.29 is 0 Å². The number of nitrogens with zero attached hydrogens (tertiary/aromatic N) is 3. The number of aryl methyl sites for hydroxylation is 1. The molecule has 1 atom stereocenters. The summed E-state index contributed by atoms with van der Waals surface area (Å²) in [4.78, 5) is 19.7. The first-order valence-corrected chi connectivity index (χ1v) is 4.71. The summed E-state index contributed by atoms with van der Waals surface area (Å²) in [6, 6.07) is 3.57. The van der Waals surface area contributed by atoms with Crippen LogP contribution in [0.25, 0.3) is 0 Å². The van der Waals surface area contributed by atoms with E-state index in [1.165, 1.54) is 6.07 Å². The molecule has 1 N–H and O–H groups in total. The summed E-state index contributed by atoms with van der Waals surface area (Å²) in [5.74, 6) is 1.09. The van der Waals surface area contributed by atoms with Crippen molar-refractivity contribution >= 4 is 5.82 Å². The van der Waals surface area contributed by atoms with E-state index in [1.54, 1.807) is 11.8 Å². The lowest BCUT2D eigenvalue weighted by Crippen LogP contribution is -2.26. The third kappa shape index (κ3) is 3.09. The lowest BCUT2D eigenvalue weighted by Gasteiger charge is -2.18. The number of H-pyrrole nitrogens is 1. The normalized spacial score (nSPS) is 11.9. The second kappa shape index (κ2) is 4.60. The monoisotopic (exact) mass is 206 g/mol. The predicted octanol–water partition coefficient (Wildman–Crippen LogP) is 0.674. The molecule has 1 aromatic heterocycles. The van der Waals surface area contributed by atoms with Crippen LogP contribution in [0.3, 0.4) is 0 Å². The summed E-state index contributed by atoms with van der Waals surface area (Å²) < 4.78 is 0. The first kappa shape index (κ1) is 11.2. The van der Waals surface area contributed by atoms with Crippen LogP contribution < -0.4 is 10.5 Å². The topological polar surface area (TPSA) is 72.8 Å². The van der Waals surface area contributed by atoms with E-state index in [0.29, 0.717) is 18.2 Å². The quantitative estimate of drug-likeness (QED) is 0.789. The van der Waals surface area contributed by atoms with Crippen LogP contribution in [0.1, 0.15) is 12.7 Å². The van der Waals surface area contributed by atoms with E-state index in [4.69, 9.17) is 5.26 Å². The molecule has 0 aliphatic carbocycles. The molecule has 0 amide bonds. The van der Waals surface area contributed by atoms with Crippen LogP contribution in [0.2, 0.25) is 0 Å². The highest BCUT2D eigenvalue weighted by Gasteiger charge is 2.08. The fourth-order valence-corrected chi connectivity index (χ4v) is 1.30. The Hall–Kier alpha value is -1.83. The standard InChI is InChI=1S/C10H14N4O/c1-7(5-11)6-14(3)9-4-10(15)13-8(2)12-9/h4,7H,6H2,1-3H3,(H,12,13,15). The zero-order valence-electron chi connectivity index (χ0n) is 9.11. The Bertz CT molecular complexity index is 432. The second-order valence-corrected chi connectivity index (χ2v) is 3.60. The number of hydrogen-bond acceptors (Lipinski definition) is 4. The molecule has 5 heteroatoms. The molecular formula is C10H14N4O. The van der Waals surface area contributed by atoms with Crippen molar-refractivity contribution in [3.05, 3.63) is 22.2 Å². The number of rotatable bonds is 3. The molecule has 0 aliphatic heterocycles. The first-order chi connectivity index (χ1) is 7.02. The molecule has 0 bridgehead atoms. The van der Waals surface area contributed by atoms with Crippen LogP contribution in [-0.4, -0.2) is 23.6 Å². The smallest absolute Gasteiger partial charge is 0.252 e. The van der Waals surface area contributed by atoms with Crippen LogP contribution in [0.15, 0.2) is 10.9 Å². The molecule has 0 spiro atoms. The molecule has 0 fully saturated rings. The minimum atomic E-state index is -0.172. The first-order valence-electron chi connectivity index (χ1n) is 4.71. The number of anilines is 1. The Kier molecular flexibility index (Phi) is 3.45. The molecule has 15 heavy (non-hydrogen) atoms. The van der Waals surface area contributed by atoms with Crippen LogP contribution in [0, 0.1) is 24.2 Å². The number of nitrogens with one attached hydrogen (secondary N) is 1. The summed E-state index contributed by atoms with van der Waals surface area (Å²) in [6.07, 6.45) is 0. The van der Waals surface area contributed by atoms with E-state index in [9.17, 15) is 4.79 Å². The molecule has 1 aromatic rings. The molecule has 0 saturated carbocycles. The van der Waals surface area contributed by atoms with Crippen molar-refractivity contribution in [1.82, 2.24) is 9.97 Å². The SMILES string of the molecule is Cc1nc(N(C)CC(C)C#N)cc(=O)[nH]1. The van der Waals surface area contributed by atoms with E-state index < -0.39 is 0 Å². The number of hydrogen-bond donors (Lipinski definition) is 1. The molecule has 0 aromatic carbocycles. The van der Waals surface area contributed by atoms with Crippen LogP contribution in [0.4, 0.5) is 5.82 Å². The van der Waals surface area contributed by atoms with E-state index >= 15 is 0 Å². The van der Waals surface area contributed by atoms with Gasteiger partial charge in [-0.3, -0.25) is 4.79 Å². The van der Waals surface area contributed by atoms with E-state index in [2.05, 4.69) is 16.0 Å². The van der Waals surface area contributed by atoms with Gasteiger partial charge >= 0.3 is 0 Å². The zero-order valence-corrected chi connectivity index (χ0v) is 9.11. The van der Waals surface area contributed by atoms with E-state index in [1.807, 2.05) is 14.0 Å². The largest absolute Gasteiger partial charge is 0.358 e. The van der Waals surface area contributed by atoms with Crippen molar-refractivity contribution in [1.29, 1.82) is 5.26 Å². The molecule has 0 saturated heterocycles. The molecule has 0 radical (unpaired) electrons. The predicted molar refractivity (Wildman–Crippen MR) is 57.6 cm³/mol. The van der Waals surface area contributed by atoms with Gasteiger partial charge in [0.2, 0.25) is 0 Å². The average molecular weight is 206 g/mol. The number of aromatic nitrogens is 2. The molecule has 1 heterocycles. The van der Waals surface area contributed by atoms with Gasteiger partial charge < -0.3 is 9.88 Å². The lowest BCUT2D eigenvalue weighted by molar-refractivity contribution is 0.707. The summed E-state index contributed by atoms with van der Waals surface area (Å²) >= 11 is 0. The van der Waals surface area contributed by atoms with E-state index in [0.717, 1.165) is 0 Å². The minimum absolute atomic E-state index is 0.0867. The number of nitriles is 1. The molecular weight excluding hydrogens is 192 g/mol.